The smallest absolute Gasteiger partial charge is 0.0741 e. The third kappa shape index (κ3) is 2.93. The van der Waals surface area contributed by atoms with Gasteiger partial charge in [0.25, 0.3) is 0 Å². The van der Waals surface area contributed by atoms with Crippen molar-refractivity contribution in [3.8, 4) is 0 Å². The van der Waals surface area contributed by atoms with Crippen molar-refractivity contribution < 1.29 is 9.84 Å². The molecule has 0 aromatic rings. The number of aliphatic hydroxyl groups is 1. The van der Waals surface area contributed by atoms with Gasteiger partial charge >= 0.3 is 0 Å². The summed E-state index contributed by atoms with van der Waals surface area (Å²) in [6, 6.07) is 0.116. The van der Waals surface area contributed by atoms with Crippen LogP contribution in [0.15, 0.2) is 0 Å². The molecule has 1 atom stereocenters. The average Bonchev–Trinajstić information content (AvgIpc) is 1.94. The third-order valence-electron chi connectivity index (χ3n) is 2.80. The first-order valence-electron chi connectivity index (χ1n) is 4.87. The normalized spacial score (nSPS) is 23.8. The molecule has 0 bridgehead atoms. The van der Waals surface area contributed by atoms with Crippen LogP contribution in [0.3, 0.4) is 0 Å². The SMILES string of the molecule is CC(NCC1(C)COC1)C(C)(C)O. The topological polar surface area (TPSA) is 41.5 Å². The predicted molar refractivity (Wildman–Crippen MR) is 52.7 cm³/mol. The maximum atomic E-state index is 9.68. The molecule has 1 unspecified atom stereocenters. The van der Waals surface area contributed by atoms with Gasteiger partial charge in [-0.2, -0.15) is 0 Å². The van der Waals surface area contributed by atoms with Gasteiger partial charge < -0.3 is 15.2 Å². The van der Waals surface area contributed by atoms with E-state index in [0.717, 1.165) is 19.8 Å². The molecule has 3 nitrogen and oxygen atoms in total. The molecule has 1 fully saturated rings. The zero-order valence-corrected chi connectivity index (χ0v) is 9.05. The molecular formula is C10H21NO2. The predicted octanol–water partition coefficient (Wildman–Crippen LogP) is 0.772. The van der Waals surface area contributed by atoms with Gasteiger partial charge in [-0.15, -0.1) is 0 Å². The van der Waals surface area contributed by atoms with Crippen LogP contribution < -0.4 is 5.32 Å². The fourth-order valence-corrected chi connectivity index (χ4v) is 1.20. The van der Waals surface area contributed by atoms with E-state index in [1.165, 1.54) is 0 Å². The van der Waals surface area contributed by atoms with E-state index in [4.69, 9.17) is 4.74 Å². The highest BCUT2D eigenvalue weighted by Gasteiger charge is 2.34. The number of nitrogens with one attached hydrogen (secondary N) is 1. The van der Waals surface area contributed by atoms with Gasteiger partial charge in [-0.1, -0.05) is 6.92 Å². The molecule has 3 heteroatoms. The van der Waals surface area contributed by atoms with Crippen molar-refractivity contribution in [1.82, 2.24) is 5.32 Å². The van der Waals surface area contributed by atoms with Gasteiger partial charge in [0, 0.05) is 18.0 Å². The highest BCUT2D eigenvalue weighted by atomic mass is 16.5. The molecule has 13 heavy (non-hydrogen) atoms. The quantitative estimate of drug-likeness (QED) is 0.683. The Balaban J connectivity index is 2.26. The zero-order chi connectivity index (χ0) is 10.1. The lowest BCUT2D eigenvalue weighted by molar-refractivity contribution is -0.103. The summed E-state index contributed by atoms with van der Waals surface area (Å²) in [6.07, 6.45) is 0. The van der Waals surface area contributed by atoms with Crippen LogP contribution >= 0.6 is 0 Å². The second-order valence-corrected chi connectivity index (χ2v) is 5.06. The Hall–Kier alpha value is -0.120. The second-order valence-electron chi connectivity index (χ2n) is 5.06. The number of hydrogen-bond acceptors (Lipinski definition) is 3. The van der Waals surface area contributed by atoms with Crippen molar-refractivity contribution in [3.63, 3.8) is 0 Å². The highest BCUT2D eigenvalue weighted by molar-refractivity contribution is 4.87. The first-order chi connectivity index (χ1) is 5.83. The summed E-state index contributed by atoms with van der Waals surface area (Å²) < 4.78 is 5.15. The molecule has 1 aliphatic rings. The largest absolute Gasteiger partial charge is 0.389 e. The first-order valence-corrected chi connectivity index (χ1v) is 4.87. The zero-order valence-electron chi connectivity index (χ0n) is 9.05. The van der Waals surface area contributed by atoms with Crippen LogP contribution in [0.2, 0.25) is 0 Å². The number of ether oxygens (including phenoxy) is 1. The highest BCUT2D eigenvalue weighted by Crippen LogP contribution is 2.25. The summed E-state index contributed by atoms with van der Waals surface area (Å²) in [4.78, 5) is 0. The molecule has 0 amide bonds. The Morgan fingerprint density at radius 3 is 2.38 bits per heavy atom. The Bertz CT molecular complexity index is 170. The Morgan fingerprint density at radius 2 is 2.08 bits per heavy atom. The summed E-state index contributed by atoms with van der Waals surface area (Å²) >= 11 is 0. The molecule has 1 saturated heterocycles. The maximum absolute atomic E-state index is 9.68. The third-order valence-corrected chi connectivity index (χ3v) is 2.80. The van der Waals surface area contributed by atoms with Crippen molar-refractivity contribution >= 4 is 0 Å². The van der Waals surface area contributed by atoms with Crippen LogP contribution in [0.5, 0.6) is 0 Å². The van der Waals surface area contributed by atoms with E-state index in [0.29, 0.717) is 0 Å². The monoisotopic (exact) mass is 187 g/mol. The Kier molecular flexibility index (Phi) is 3.00. The second kappa shape index (κ2) is 3.56. The minimum absolute atomic E-state index is 0.116. The molecule has 0 aliphatic carbocycles. The maximum Gasteiger partial charge on any atom is 0.0741 e. The van der Waals surface area contributed by atoms with E-state index < -0.39 is 5.60 Å². The van der Waals surface area contributed by atoms with Crippen molar-refractivity contribution in [1.29, 1.82) is 0 Å². The van der Waals surface area contributed by atoms with Gasteiger partial charge in [-0.3, -0.25) is 0 Å². The molecule has 0 radical (unpaired) electrons. The van der Waals surface area contributed by atoms with Gasteiger partial charge in [0.1, 0.15) is 0 Å². The van der Waals surface area contributed by atoms with Crippen LogP contribution in [0.25, 0.3) is 0 Å². The minimum Gasteiger partial charge on any atom is -0.389 e. The van der Waals surface area contributed by atoms with Crippen molar-refractivity contribution in [2.45, 2.75) is 39.3 Å². The molecule has 0 saturated carbocycles. The Labute approximate surface area is 80.5 Å². The molecule has 1 heterocycles. The van der Waals surface area contributed by atoms with E-state index in [1.807, 2.05) is 20.8 Å². The average molecular weight is 187 g/mol. The lowest BCUT2D eigenvalue weighted by Gasteiger charge is -2.40. The minimum atomic E-state index is -0.652. The fraction of sp³-hybridized carbons (Fsp3) is 1.00. The van der Waals surface area contributed by atoms with Crippen molar-refractivity contribution in [2.24, 2.45) is 5.41 Å². The lowest BCUT2D eigenvalue weighted by atomic mass is 9.88. The van der Waals surface area contributed by atoms with Crippen molar-refractivity contribution in [3.05, 3.63) is 0 Å². The van der Waals surface area contributed by atoms with Crippen LogP contribution in [0, 0.1) is 5.41 Å². The van der Waals surface area contributed by atoms with Gasteiger partial charge in [0.05, 0.1) is 18.8 Å². The molecule has 78 valence electrons. The lowest BCUT2D eigenvalue weighted by Crippen LogP contribution is -2.53. The van der Waals surface area contributed by atoms with Gasteiger partial charge in [0.2, 0.25) is 0 Å². The fourth-order valence-electron chi connectivity index (χ4n) is 1.20. The summed E-state index contributed by atoms with van der Waals surface area (Å²) in [7, 11) is 0. The van der Waals surface area contributed by atoms with Crippen LogP contribution in [0.1, 0.15) is 27.7 Å². The molecular weight excluding hydrogens is 166 g/mol. The van der Waals surface area contributed by atoms with Crippen LogP contribution in [-0.2, 0) is 4.74 Å². The van der Waals surface area contributed by atoms with Gasteiger partial charge in [0.15, 0.2) is 0 Å². The van der Waals surface area contributed by atoms with E-state index in [9.17, 15) is 5.11 Å². The van der Waals surface area contributed by atoms with Crippen LogP contribution in [-0.4, -0.2) is 36.5 Å². The summed E-state index contributed by atoms with van der Waals surface area (Å²) in [6.45, 7) is 10.4. The molecule has 0 spiro atoms. The van der Waals surface area contributed by atoms with E-state index in [1.54, 1.807) is 0 Å². The molecule has 1 aliphatic heterocycles. The van der Waals surface area contributed by atoms with Gasteiger partial charge in [-0.25, -0.2) is 0 Å². The van der Waals surface area contributed by atoms with Crippen LogP contribution in [0.4, 0.5) is 0 Å². The van der Waals surface area contributed by atoms with E-state index in [2.05, 4.69) is 12.2 Å². The van der Waals surface area contributed by atoms with Crippen molar-refractivity contribution in [2.75, 3.05) is 19.8 Å². The van der Waals surface area contributed by atoms with E-state index in [-0.39, 0.29) is 11.5 Å². The molecule has 1 rings (SSSR count). The molecule has 0 aromatic carbocycles. The summed E-state index contributed by atoms with van der Waals surface area (Å²) in [5.74, 6) is 0. The number of hydrogen-bond donors (Lipinski definition) is 2. The van der Waals surface area contributed by atoms with E-state index >= 15 is 0 Å². The summed E-state index contributed by atoms with van der Waals surface area (Å²) in [5, 5.41) is 13.0. The Morgan fingerprint density at radius 1 is 1.54 bits per heavy atom. The van der Waals surface area contributed by atoms with Gasteiger partial charge in [-0.05, 0) is 20.8 Å². The molecule has 2 N–H and O–H groups in total. The standard InChI is InChI=1S/C10H21NO2/c1-8(9(2,3)12)11-5-10(4)6-13-7-10/h8,11-12H,5-7H2,1-4H3. The molecule has 0 aromatic heterocycles. The number of rotatable bonds is 4. The first kappa shape index (κ1) is 11.0. The summed E-state index contributed by atoms with van der Waals surface area (Å²) in [5.41, 5.74) is -0.375.